The zero-order chi connectivity index (χ0) is 30.2. The van der Waals surface area contributed by atoms with Crippen molar-refractivity contribution in [3.63, 3.8) is 0 Å². The Morgan fingerprint density at radius 1 is 1.12 bits per heavy atom. The van der Waals surface area contributed by atoms with Crippen LogP contribution in [0.5, 0.6) is 11.5 Å². The normalized spacial score (nSPS) is 11.7. The maximum atomic E-state index is 12.9. The number of carboxylic acids is 1. The molecule has 0 aliphatic carbocycles. The number of aromatic carboxylic acids is 1. The molecule has 3 N–H and O–H groups in total. The van der Waals surface area contributed by atoms with E-state index in [-0.39, 0.29) is 22.6 Å². The molecule has 0 fully saturated rings. The van der Waals surface area contributed by atoms with Gasteiger partial charge in [0.05, 0.1) is 32.2 Å². The average Bonchev–Trinajstić information content (AvgIpc) is 3.38. The van der Waals surface area contributed by atoms with Gasteiger partial charge in [-0.15, -0.1) is 10.2 Å². The SMILES string of the molecule is COc1ccc(/C=N\NC(=O)[C@@H](C)Sc2nnc(CNc3ccc(I)cc3C)n2-c2ccccc2)c(C(=O)O)c1OC. The van der Waals surface area contributed by atoms with E-state index in [9.17, 15) is 14.7 Å². The van der Waals surface area contributed by atoms with E-state index < -0.39 is 17.1 Å². The summed E-state index contributed by atoms with van der Waals surface area (Å²) >= 11 is 3.51. The molecule has 42 heavy (non-hydrogen) atoms. The van der Waals surface area contributed by atoms with E-state index in [2.05, 4.69) is 54.7 Å². The van der Waals surface area contributed by atoms with Gasteiger partial charge in [-0.1, -0.05) is 30.0 Å². The number of aryl methyl sites for hydroxylation is 1. The number of hydrogen-bond donors (Lipinski definition) is 3. The molecule has 4 aromatic rings. The van der Waals surface area contributed by atoms with Gasteiger partial charge in [0, 0.05) is 20.5 Å². The summed E-state index contributed by atoms with van der Waals surface area (Å²) in [6, 6.07) is 18.9. The van der Waals surface area contributed by atoms with Crippen molar-refractivity contribution in [3.05, 3.63) is 86.7 Å². The first kappa shape index (κ1) is 30.8. The maximum absolute atomic E-state index is 12.9. The number of para-hydroxylation sites is 1. The number of thioether (sulfide) groups is 1. The topological polar surface area (TPSA) is 140 Å². The van der Waals surface area contributed by atoms with Gasteiger partial charge < -0.3 is 19.9 Å². The highest BCUT2D eigenvalue weighted by Crippen LogP contribution is 2.33. The Hall–Kier alpha value is -4.11. The predicted octanol–water partition coefficient (Wildman–Crippen LogP) is 5.14. The van der Waals surface area contributed by atoms with Gasteiger partial charge >= 0.3 is 5.97 Å². The van der Waals surface area contributed by atoms with Crippen molar-refractivity contribution in [2.24, 2.45) is 5.10 Å². The molecule has 0 aliphatic heterocycles. The Kier molecular flexibility index (Phi) is 10.4. The third-order valence-corrected chi connectivity index (χ3v) is 7.88. The van der Waals surface area contributed by atoms with Crippen LogP contribution in [0.2, 0.25) is 0 Å². The number of nitrogens with one attached hydrogen (secondary N) is 2. The minimum atomic E-state index is -1.22. The molecule has 1 aromatic heterocycles. The largest absolute Gasteiger partial charge is 0.493 e. The van der Waals surface area contributed by atoms with Crippen LogP contribution in [0, 0.1) is 10.5 Å². The number of amides is 1. The van der Waals surface area contributed by atoms with Crippen molar-refractivity contribution in [1.82, 2.24) is 20.2 Å². The lowest BCUT2D eigenvalue weighted by Crippen LogP contribution is -2.27. The molecule has 0 aliphatic rings. The lowest BCUT2D eigenvalue weighted by molar-refractivity contribution is -0.120. The van der Waals surface area contributed by atoms with Crippen LogP contribution in [-0.2, 0) is 11.3 Å². The van der Waals surface area contributed by atoms with E-state index in [0.717, 1.165) is 20.5 Å². The van der Waals surface area contributed by atoms with Crippen LogP contribution in [0.25, 0.3) is 5.69 Å². The van der Waals surface area contributed by atoms with E-state index in [0.29, 0.717) is 17.5 Å². The number of halogens is 1. The number of benzene rings is 3. The van der Waals surface area contributed by atoms with Gasteiger partial charge in [-0.25, -0.2) is 10.2 Å². The van der Waals surface area contributed by atoms with Gasteiger partial charge in [-0.05, 0) is 84.5 Å². The summed E-state index contributed by atoms with van der Waals surface area (Å²) in [4.78, 5) is 24.8. The minimum Gasteiger partial charge on any atom is -0.493 e. The number of hydrogen-bond acceptors (Lipinski definition) is 9. The highest BCUT2D eigenvalue weighted by Gasteiger charge is 2.22. The lowest BCUT2D eigenvalue weighted by Gasteiger charge is -2.14. The molecule has 0 saturated heterocycles. The Morgan fingerprint density at radius 2 is 1.88 bits per heavy atom. The number of ether oxygens (including phenoxy) is 2. The van der Waals surface area contributed by atoms with Gasteiger partial charge in [0.25, 0.3) is 5.91 Å². The fraction of sp³-hybridized carbons (Fsp3) is 0.207. The monoisotopic (exact) mass is 700 g/mol. The van der Waals surface area contributed by atoms with Crippen LogP contribution in [0.4, 0.5) is 5.69 Å². The van der Waals surface area contributed by atoms with Gasteiger partial charge in [0.2, 0.25) is 0 Å². The van der Waals surface area contributed by atoms with E-state index in [1.807, 2.05) is 54.0 Å². The van der Waals surface area contributed by atoms with Crippen molar-refractivity contribution >= 4 is 58.1 Å². The molecule has 1 amide bonds. The smallest absolute Gasteiger partial charge is 0.340 e. The van der Waals surface area contributed by atoms with Crippen molar-refractivity contribution in [2.45, 2.75) is 30.8 Å². The molecule has 4 rings (SSSR count). The molecule has 218 valence electrons. The Morgan fingerprint density at radius 3 is 2.55 bits per heavy atom. The summed E-state index contributed by atoms with van der Waals surface area (Å²) in [7, 11) is 2.77. The summed E-state index contributed by atoms with van der Waals surface area (Å²) in [5, 5.41) is 25.9. The maximum Gasteiger partial charge on any atom is 0.340 e. The Balaban J connectivity index is 1.50. The summed E-state index contributed by atoms with van der Waals surface area (Å²) in [5.74, 6) is -0.601. The van der Waals surface area contributed by atoms with Crippen LogP contribution in [0.3, 0.4) is 0 Å². The van der Waals surface area contributed by atoms with Gasteiger partial charge in [-0.3, -0.25) is 9.36 Å². The molecule has 0 unspecified atom stereocenters. The van der Waals surface area contributed by atoms with Crippen molar-refractivity contribution in [1.29, 1.82) is 0 Å². The standard InChI is InChI=1S/C29H29IN6O5S/c1-17-14-20(30)11-12-22(17)31-16-24-33-35-29(36(24)21-8-6-5-7-9-21)42-18(2)27(37)34-32-15-19-10-13-23(40-3)26(41-4)25(19)28(38)39/h5-15,18,31H,16H2,1-4H3,(H,34,37)(H,38,39)/b32-15-/t18-/m1/s1. The molecule has 13 heteroatoms. The van der Waals surface area contributed by atoms with Gasteiger partial charge in [0.1, 0.15) is 5.56 Å². The summed E-state index contributed by atoms with van der Waals surface area (Å²) < 4.78 is 13.5. The first-order valence-corrected chi connectivity index (χ1v) is 14.7. The molecule has 0 bridgehead atoms. The Bertz CT molecular complexity index is 1610. The third kappa shape index (κ3) is 7.20. The van der Waals surface area contributed by atoms with E-state index in [1.165, 1.54) is 38.3 Å². The number of carbonyl (C=O) groups is 2. The molecular formula is C29H29IN6O5S. The molecule has 0 spiro atoms. The highest BCUT2D eigenvalue weighted by molar-refractivity contribution is 14.1. The number of carboxylic acid groups (broad SMARTS) is 1. The molecule has 0 radical (unpaired) electrons. The lowest BCUT2D eigenvalue weighted by atomic mass is 10.1. The summed E-state index contributed by atoms with van der Waals surface area (Å²) in [6.07, 6.45) is 1.25. The van der Waals surface area contributed by atoms with E-state index in [1.54, 1.807) is 13.0 Å². The van der Waals surface area contributed by atoms with Crippen LogP contribution in [-0.4, -0.2) is 57.4 Å². The second-order valence-corrected chi connectivity index (χ2v) is 11.5. The second kappa shape index (κ2) is 14.2. The zero-order valence-corrected chi connectivity index (χ0v) is 26.3. The van der Waals surface area contributed by atoms with E-state index >= 15 is 0 Å². The van der Waals surface area contributed by atoms with Crippen LogP contribution < -0.4 is 20.2 Å². The van der Waals surface area contributed by atoms with Crippen LogP contribution in [0.1, 0.15) is 34.2 Å². The fourth-order valence-corrected chi connectivity index (χ4v) is 5.59. The average molecular weight is 701 g/mol. The minimum absolute atomic E-state index is 0.0620. The summed E-state index contributed by atoms with van der Waals surface area (Å²) in [6.45, 7) is 4.20. The number of nitrogens with zero attached hydrogens (tertiary/aromatic N) is 4. The highest BCUT2D eigenvalue weighted by atomic mass is 127. The molecule has 11 nitrogen and oxygen atoms in total. The number of anilines is 1. The molecule has 0 saturated carbocycles. The van der Waals surface area contributed by atoms with Crippen molar-refractivity contribution < 1.29 is 24.2 Å². The molecular weight excluding hydrogens is 671 g/mol. The first-order valence-electron chi connectivity index (χ1n) is 12.7. The number of hydrazone groups is 1. The van der Waals surface area contributed by atoms with Gasteiger partial charge in [-0.2, -0.15) is 5.10 Å². The molecule has 1 atom stereocenters. The predicted molar refractivity (Wildman–Crippen MR) is 170 cm³/mol. The zero-order valence-electron chi connectivity index (χ0n) is 23.3. The van der Waals surface area contributed by atoms with E-state index in [4.69, 9.17) is 9.47 Å². The molecule has 1 heterocycles. The van der Waals surface area contributed by atoms with Crippen molar-refractivity contribution in [2.75, 3.05) is 19.5 Å². The number of aromatic nitrogens is 3. The number of rotatable bonds is 12. The van der Waals surface area contributed by atoms with Crippen LogP contribution in [0.15, 0.2) is 70.9 Å². The Labute approximate surface area is 260 Å². The quantitative estimate of drug-likeness (QED) is 0.0794. The number of methoxy groups -OCH3 is 2. The summed E-state index contributed by atoms with van der Waals surface area (Å²) in [5.41, 5.74) is 5.57. The van der Waals surface area contributed by atoms with Gasteiger partial charge in [0.15, 0.2) is 22.5 Å². The third-order valence-electron chi connectivity index (χ3n) is 6.16. The van der Waals surface area contributed by atoms with Crippen molar-refractivity contribution in [3.8, 4) is 17.2 Å². The second-order valence-electron chi connectivity index (χ2n) is 8.95. The molecule has 3 aromatic carbocycles. The number of carbonyl (C=O) groups excluding carboxylic acids is 1. The van der Waals surface area contributed by atoms with Crippen LogP contribution >= 0.6 is 34.4 Å². The first-order chi connectivity index (χ1) is 20.2. The fourth-order valence-electron chi connectivity index (χ4n) is 4.07.